The Hall–Kier alpha value is -7.16. The molecule has 1 heterocycles. The highest BCUT2D eigenvalue weighted by Gasteiger charge is 2.22. The number of fused-ring (bicyclic) bond motifs is 4. The van der Waals surface area contributed by atoms with E-state index in [2.05, 4.69) is 228 Å². The lowest BCUT2D eigenvalue weighted by Gasteiger charge is -2.29. The first-order chi connectivity index (χ1) is 26.8. The lowest BCUT2D eigenvalue weighted by Crippen LogP contribution is -2.11. The van der Waals surface area contributed by atoms with E-state index in [1.807, 2.05) is 0 Å². The molecule has 0 radical (unpaired) electrons. The molecule has 0 unspecified atom stereocenters. The Bertz CT molecular complexity index is 2910. The second-order valence-electron chi connectivity index (χ2n) is 13.7. The maximum absolute atomic E-state index is 2.45. The Morgan fingerprint density at radius 2 is 0.889 bits per heavy atom. The number of hydrogen-bond donors (Lipinski definition) is 0. The van der Waals surface area contributed by atoms with Crippen molar-refractivity contribution in [3.05, 3.63) is 218 Å². The summed E-state index contributed by atoms with van der Waals surface area (Å²) in [7, 11) is 0. The summed E-state index contributed by atoms with van der Waals surface area (Å²) < 4.78 is 2.45. The number of rotatable bonds is 7. The van der Waals surface area contributed by atoms with Gasteiger partial charge in [0, 0.05) is 33.3 Å². The maximum atomic E-state index is 2.45. The second kappa shape index (κ2) is 13.4. The zero-order valence-electron chi connectivity index (χ0n) is 29.7. The highest BCUT2D eigenvalue weighted by atomic mass is 15.1. The first-order valence-electron chi connectivity index (χ1n) is 18.5. The van der Waals surface area contributed by atoms with Gasteiger partial charge >= 0.3 is 0 Å². The molecule has 2 nitrogen and oxygen atoms in total. The predicted molar refractivity (Wildman–Crippen MR) is 229 cm³/mol. The Balaban J connectivity index is 1.25. The van der Waals surface area contributed by atoms with Crippen LogP contribution in [0, 0.1) is 0 Å². The van der Waals surface area contributed by atoms with Gasteiger partial charge in [-0.1, -0.05) is 176 Å². The van der Waals surface area contributed by atoms with Crippen molar-refractivity contribution in [3.63, 3.8) is 0 Å². The summed E-state index contributed by atoms with van der Waals surface area (Å²) in [5, 5.41) is 4.89. The lowest BCUT2D eigenvalue weighted by atomic mass is 9.95. The fraction of sp³-hybridized carbons (Fsp3) is 0. The number of para-hydroxylation sites is 2. The van der Waals surface area contributed by atoms with Crippen molar-refractivity contribution in [1.82, 2.24) is 4.57 Å². The molecule has 0 aliphatic heterocycles. The summed E-state index contributed by atoms with van der Waals surface area (Å²) in [6.07, 6.45) is 0. The van der Waals surface area contributed by atoms with Gasteiger partial charge in [-0.3, -0.25) is 0 Å². The molecule has 0 N–H and O–H groups in total. The van der Waals surface area contributed by atoms with Crippen molar-refractivity contribution in [2.45, 2.75) is 0 Å². The van der Waals surface area contributed by atoms with Gasteiger partial charge in [-0.15, -0.1) is 0 Å². The summed E-state index contributed by atoms with van der Waals surface area (Å²) in [6.45, 7) is 0. The van der Waals surface area contributed by atoms with Crippen LogP contribution in [0.25, 0.3) is 71.6 Å². The van der Waals surface area contributed by atoms with Crippen LogP contribution in [0.3, 0.4) is 0 Å². The average molecular weight is 689 g/mol. The number of hydrogen-bond acceptors (Lipinski definition) is 1. The Kier molecular flexibility index (Phi) is 7.85. The van der Waals surface area contributed by atoms with Crippen LogP contribution in [0.2, 0.25) is 0 Å². The van der Waals surface area contributed by atoms with Crippen LogP contribution >= 0.6 is 0 Å². The van der Waals surface area contributed by atoms with E-state index in [1.54, 1.807) is 0 Å². The highest BCUT2D eigenvalue weighted by molar-refractivity contribution is 6.12. The quantitative estimate of drug-likeness (QED) is 0.162. The van der Waals surface area contributed by atoms with Gasteiger partial charge < -0.3 is 9.47 Å². The standard InChI is InChI=1S/C52H36N2/c1-4-16-37(17-5-1)38-28-31-42(32-29-38)53(50-35-30-40-20-10-11-24-45(40)52(50)41-21-8-3-9-22-41)43-33-34-47-46-25-13-15-27-49(46)54(51(47)36-43)48-26-14-12-23-44(48)39-18-6-2-7-19-39/h1-36H. The maximum Gasteiger partial charge on any atom is 0.0562 e. The smallest absolute Gasteiger partial charge is 0.0562 e. The first-order valence-corrected chi connectivity index (χ1v) is 18.5. The predicted octanol–water partition coefficient (Wildman–Crippen LogP) is 14.4. The molecular formula is C52H36N2. The van der Waals surface area contributed by atoms with Crippen LogP contribution < -0.4 is 4.90 Å². The Morgan fingerprint density at radius 1 is 0.333 bits per heavy atom. The van der Waals surface area contributed by atoms with Crippen LogP contribution in [0.5, 0.6) is 0 Å². The molecule has 10 aromatic rings. The second-order valence-corrected chi connectivity index (χ2v) is 13.7. The van der Waals surface area contributed by atoms with E-state index in [9.17, 15) is 0 Å². The number of benzene rings is 9. The molecule has 0 aliphatic carbocycles. The largest absolute Gasteiger partial charge is 0.310 e. The zero-order chi connectivity index (χ0) is 35.8. The lowest BCUT2D eigenvalue weighted by molar-refractivity contribution is 1.18. The van der Waals surface area contributed by atoms with Gasteiger partial charge in [-0.25, -0.2) is 0 Å². The fourth-order valence-corrected chi connectivity index (χ4v) is 8.10. The van der Waals surface area contributed by atoms with Crippen molar-refractivity contribution < 1.29 is 0 Å². The molecule has 0 fully saturated rings. The molecule has 0 saturated heterocycles. The molecular weight excluding hydrogens is 653 g/mol. The number of nitrogens with zero attached hydrogens (tertiary/aromatic N) is 2. The molecule has 2 heteroatoms. The van der Waals surface area contributed by atoms with Gasteiger partial charge in [-0.05, 0) is 75.5 Å². The van der Waals surface area contributed by atoms with Crippen LogP contribution in [0.15, 0.2) is 218 Å². The van der Waals surface area contributed by atoms with Crippen molar-refractivity contribution >= 4 is 49.6 Å². The van der Waals surface area contributed by atoms with Gasteiger partial charge in [0.1, 0.15) is 0 Å². The summed E-state index contributed by atoms with van der Waals surface area (Å²) in [4.78, 5) is 2.44. The normalized spacial score (nSPS) is 11.3. The van der Waals surface area contributed by atoms with E-state index in [1.165, 1.54) is 60.4 Å². The van der Waals surface area contributed by atoms with E-state index in [-0.39, 0.29) is 0 Å². The van der Waals surface area contributed by atoms with E-state index >= 15 is 0 Å². The molecule has 0 bridgehead atoms. The van der Waals surface area contributed by atoms with Gasteiger partial charge in [0.15, 0.2) is 0 Å². The van der Waals surface area contributed by atoms with Crippen molar-refractivity contribution in [3.8, 4) is 39.1 Å². The number of anilines is 3. The third kappa shape index (κ3) is 5.44. The SMILES string of the molecule is c1ccc(-c2ccc(N(c3ccc4c5ccccc5n(-c5ccccc5-c5ccccc5)c4c3)c3ccc4ccccc4c3-c3ccccc3)cc2)cc1. The molecule has 54 heavy (non-hydrogen) atoms. The monoisotopic (exact) mass is 688 g/mol. The van der Waals surface area contributed by atoms with Crippen LogP contribution in [-0.2, 0) is 0 Å². The average Bonchev–Trinajstić information content (AvgIpc) is 3.58. The molecule has 0 amide bonds. The minimum atomic E-state index is 1.09. The van der Waals surface area contributed by atoms with Gasteiger partial charge in [0.05, 0.1) is 22.4 Å². The summed E-state index contributed by atoms with van der Waals surface area (Å²) in [5.74, 6) is 0. The van der Waals surface area contributed by atoms with Crippen LogP contribution in [-0.4, -0.2) is 4.57 Å². The molecule has 0 spiro atoms. The van der Waals surface area contributed by atoms with Crippen molar-refractivity contribution in [2.24, 2.45) is 0 Å². The molecule has 1 aromatic heterocycles. The van der Waals surface area contributed by atoms with E-state index in [0.717, 1.165) is 28.3 Å². The van der Waals surface area contributed by atoms with Crippen molar-refractivity contribution in [2.75, 3.05) is 4.90 Å². The Labute approximate surface area is 315 Å². The van der Waals surface area contributed by atoms with E-state index in [4.69, 9.17) is 0 Å². The minimum absolute atomic E-state index is 1.09. The highest BCUT2D eigenvalue weighted by Crippen LogP contribution is 2.46. The zero-order valence-corrected chi connectivity index (χ0v) is 29.7. The summed E-state index contributed by atoms with van der Waals surface area (Å²) in [5.41, 5.74) is 14.0. The van der Waals surface area contributed by atoms with E-state index in [0.29, 0.717) is 0 Å². The van der Waals surface area contributed by atoms with Crippen LogP contribution in [0.1, 0.15) is 0 Å². The van der Waals surface area contributed by atoms with Gasteiger partial charge in [0.2, 0.25) is 0 Å². The van der Waals surface area contributed by atoms with Crippen molar-refractivity contribution in [1.29, 1.82) is 0 Å². The molecule has 9 aromatic carbocycles. The Morgan fingerprint density at radius 3 is 1.65 bits per heavy atom. The summed E-state index contributed by atoms with van der Waals surface area (Å²) >= 11 is 0. The number of aromatic nitrogens is 1. The topological polar surface area (TPSA) is 8.17 Å². The molecule has 0 aliphatic rings. The molecule has 254 valence electrons. The first kappa shape index (κ1) is 31.6. The summed E-state index contributed by atoms with van der Waals surface area (Å²) in [6, 6.07) is 78.9. The van der Waals surface area contributed by atoms with Crippen LogP contribution in [0.4, 0.5) is 17.1 Å². The molecule has 0 saturated carbocycles. The van der Waals surface area contributed by atoms with E-state index < -0.39 is 0 Å². The molecule has 10 rings (SSSR count). The van der Waals surface area contributed by atoms with Gasteiger partial charge in [0.25, 0.3) is 0 Å². The fourth-order valence-electron chi connectivity index (χ4n) is 8.10. The minimum Gasteiger partial charge on any atom is -0.310 e. The van der Waals surface area contributed by atoms with Gasteiger partial charge in [-0.2, -0.15) is 0 Å². The third-order valence-corrected chi connectivity index (χ3v) is 10.6. The molecule has 0 atom stereocenters. The third-order valence-electron chi connectivity index (χ3n) is 10.6.